The van der Waals surface area contributed by atoms with Crippen molar-refractivity contribution in [2.45, 2.75) is 38.3 Å². The van der Waals surface area contributed by atoms with Gasteiger partial charge in [0.1, 0.15) is 11.4 Å². The number of amides is 1. The van der Waals surface area contributed by atoms with E-state index in [-0.39, 0.29) is 23.9 Å². The predicted molar refractivity (Wildman–Crippen MR) is 92.0 cm³/mol. The van der Waals surface area contributed by atoms with Crippen molar-refractivity contribution < 1.29 is 18.7 Å². The van der Waals surface area contributed by atoms with E-state index in [1.54, 1.807) is 17.9 Å². The molecule has 5 nitrogen and oxygen atoms in total. The molecule has 6 heteroatoms. The van der Waals surface area contributed by atoms with Gasteiger partial charge in [0.25, 0.3) is 5.91 Å². The maximum Gasteiger partial charge on any atom is 0.289 e. The molecule has 134 valence electrons. The lowest BCUT2D eigenvalue weighted by Crippen LogP contribution is -2.53. The Morgan fingerprint density at radius 3 is 2.68 bits per heavy atom. The highest BCUT2D eigenvalue weighted by atomic mass is 19.1. The van der Waals surface area contributed by atoms with E-state index >= 15 is 0 Å². The summed E-state index contributed by atoms with van der Waals surface area (Å²) >= 11 is 0. The summed E-state index contributed by atoms with van der Waals surface area (Å²) in [6.45, 7) is 4.56. The first-order valence-electron chi connectivity index (χ1n) is 8.94. The van der Waals surface area contributed by atoms with Crippen LogP contribution in [0.15, 0.2) is 22.6 Å². The van der Waals surface area contributed by atoms with Crippen LogP contribution in [0.5, 0.6) is 0 Å². The Hall–Kier alpha value is -1.92. The second kappa shape index (κ2) is 6.42. The summed E-state index contributed by atoms with van der Waals surface area (Å²) in [5, 5.41) is 10.7. The molecule has 1 saturated heterocycles. The molecule has 1 aliphatic carbocycles. The molecule has 2 aromatic rings. The van der Waals surface area contributed by atoms with Crippen molar-refractivity contribution in [2.75, 3.05) is 26.2 Å². The van der Waals surface area contributed by atoms with Crippen molar-refractivity contribution >= 4 is 16.9 Å². The number of nitrogens with zero attached hydrogens (tertiary/aromatic N) is 2. The molecule has 1 aromatic carbocycles. The topological polar surface area (TPSA) is 56.9 Å². The minimum absolute atomic E-state index is 0.138. The number of furan rings is 1. The standard InChI is InChI=1S/C19H23FN2O3/c1-12-14-11-13(20)5-6-17(14)25-18(12)19(24)22-9-7-21(8-10-22)15-3-2-4-16(15)23/h5-6,11,15-16,23H,2-4,7-10H2,1H3/t15-,16-/m1/s1. The van der Waals surface area contributed by atoms with Gasteiger partial charge in [-0.2, -0.15) is 0 Å². The number of piperazine rings is 1. The van der Waals surface area contributed by atoms with Gasteiger partial charge < -0.3 is 14.4 Å². The van der Waals surface area contributed by atoms with Crippen molar-refractivity contribution in [3.63, 3.8) is 0 Å². The number of fused-ring (bicyclic) bond motifs is 1. The molecule has 1 saturated carbocycles. The molecular weight excluding hydrogens is 323 g/mol. The van der Waals surface area contributed by atoms with E-state index in [0.717, 1.165) is 32.4 Å². The zero-order valence-electron chi connectivity index (χ0n) is 14.4. The molecule has 1 N–H and O–H groups in total. The summed E-state index contributed by atoms with van der Waals surface area (Å²) in [4.78, 5) is 16.9. The molecule has 0 spiro atoms. The third-order valence-corrected chi connectivity index (χ3v) is 5.61. The van der Waals surface area contributed by atoms with Gasteiger partial charge in [0.15, 0.2) is 5.76 Å². The first kappa shape index (κ1) is 16.5. The van der Waals surface area contributed by atoms with Crippen LogP contribution >= 0.6 is 0 Å². The SMILES string of the molecule is Cc1c(C(=O)N2CCN([C@@H]3CCC[C@H]3O)CC2)oc2ccc(F)cc12. The van der Waals surface area contributed by atoms with E-state index < -0.39 is 0 Å². The lowest BCUT2D eigenvalue weighted by Gasteiger charge is -2.38. The fourth-order valence-corrected chi connectivity index (χ4v) is 4.14. The van der Waals surface area contributed by atoms with E-state index in [1.807, 2.05) is 0 Å². The number of carbonyl (C=O) groups is 1. The number of aliphatic hydroxyl groups excluding tert-OH is 1. The van der Waals surface area contributed by atoms with Crippen molar-refractivity contribution in [1.29, 1.82) is 0 Å². The predicted octanol–water partition coefficient (Wildman–Crippen LogP) is 2.55. The quantitative estimate of drug-likeness (QED) is 0.908. The first-order valence-corrected chi connectivity index (χ1v) is 8.94. The molecule has 2 fully saturated rings. The third-order valence-electron chi connectivity index (χ3n) is 5.61. The maximum absolute atomic E-state index is 13.4. The molecule has 2 atom stereocenters. The average Bonchev–Trinajstić information content (AvgIpc) is 3.18. The van der Waals surface area contributed by atoms with Crippen LogP contribution in [0.2, 0.25) is 0 Å². The monoisotopic (exact) mass is 346 g/mol. The van der Waals surface area contributed by atoms with Gasteiger partial charge in [0, 0.05) is 43.2 Å². The Balaban J connectivity index is 1.48. The highest BCUT2D eigenvalue weighted by Gasteiger charge is 2.34. The number of aliphatic hydroxyl groups is 1. The van der Waals surface area contributed by atoms with Crippen molar-refractivity contribution in [3.05, 3.63) is 35.3 Å². The number of benzene rings is 1. The largest absolute Gasteiger partial charge is 0.451 e. The van der Waals surface area contributed by atoms with Gasteiger partial charge in [-0.3, -0.25) is 9.69 Å². The molecule has 4 rings (SSSR count). The zero-order valence-corrected chi connectivity index (χ0v) is 14.4. The van der Waals surface area contributed by atoms with Crippen molar-refractivity contribution in [1.82, 2.24) is 9.80 Å². The van der Waals surface area contributed by atoms with Gasteiger partial charge in [-0.15, -0.1) is 0 Å². The van der Waals surface area contributed by atoms with Crippen LogP contribution in [0.25, 0.3) is 11.0 Å². The fourth-order valence-electron chi connectivity index (χ4n) is 4.14. The molecule has 1 aromatic heterocycles. The number of halogens is 1. The Morgan fingerprint density at radius 2 is 2.00 bits per heavy atom. The molecule has 0 bridgehead atoms. The lowest BCUT2D eigenvalue weighted by molar-refractivity contribution is 0.0302. The summed E-state index contributed by atoms with van der Waals surface area (Å²) in [7, 11) is 0. The fraction of sp³-hybridized carbons (Fsp3) is 0.526. The van der Waals surface area contributed by atoms with Crippen LogP contribution < -0.4 is 0 Å². The number of carbonyl (C=O) groups excluding carboxylic acids is 1. The Bertz CT molecular complexity index is 795. The van der Waals surface area contributed by atoms with Crippen LogP contribution in [0.1, 0.15) is 35.4 Å². The smallest absolute Gasteiger partial charge is 0.289 e. The van der Waals surface area contributed by atoms with E-state index in [0.29, 0.717) is 35.4 Å². The van der Waals surface area contributed by atoms with Crippen molar-refractivity contribution in [3.8, 4) is 0 Å². The third kappa shape index (κ3) is 2.93. The maximum atomic E-state index is 13.4. The Kier molecular flexibility index (Phi) is 4.25. The van der Waals surface area contributed by atoms with Gasteiger partial charge >= 0.3 is 0 Å². The molecule has 25 heavy (non-hydrogen) atoms. The van der Waals surface area contributed by atoms with Crippen LogP contribution in [0, 0.1) is 12.7 Å². The normalized spacial score (nSPS) is 25.0. The summed E-state index contributed by atoms with van der Waals surface area (Å²) in [6.07, 6.45) is 2.73. The number of hydrogen-bond acceptors (Lipinski definition) is 4. The molecule has 2 heterocycles. The lowest BCUT2D eigenvalue weighted by atomic mass is 10.1. The first-order chi connectivity index (χ1) is 12.0. The number of hydrogen-bond donors (Lipinski definition) is 1. The van der Waals surface area contributed by atoms with E-state index in [4.69, 9.17) is 4.42 Å². The van der Waals surface area contributed by atoms with Crippen LogP contribution in [-0.2, 0) is 0 Å². The van der Waals surface area contributed by atoms with Gasteiger partial charge in [0.2, 0.25) is 0 Å². The number of aryl methyl sites for hydroxylation is 1. The zero-order chi connectivity index (χ0) is 17.6. The van der Waals surface area contributed by atoms with Crippen LogP contribution in [-0.4, -0.2) is 59.1 Å². The molecule has 0 radical (unpaired) electrons. The minimum atomic E-state index is -0.334. The summed E-state index contributed by atoms with van der Waals surface area (Å²) in [6, 6.07) is 4.54. The van der Waals surface area contributed by atoms with Crippen molar-refractivity contribution in [2.24, 2.45) is 0 Å². The second-order valence-corrected chi connectivity index (χ2v) is 7.09. The van der Waals surface area contributed by atoms with Crippen LogP contribution in [0.3, 0.4) is 0 Å². The van der Waals surface area contributed by atoms with Crippen LogP contribution in [0.4, 0.5) is 4.39 Å². The molecule has 2 aliphatic rings. The van der Waals surface area contributed by atoms with Gasteiger partial charge in [-0.05, 0) is 44.4 Å². The summed E-state index contributed by atoms with van der Waals surface area (Å²) in [5.74, 6) is -0.171. The van der Waals surface area contributed by atoms with E-state index in [9.17, 15) is 14.3 Å². The Morgan fingerprint density at radius 1 is 1.24 bits per heavy atom. The number of rotatable bonds is 2. The minimum Gasteiger partial charge on any atom is -0.451 e. The molecular formula is C19H23FN2O3. The van der Waals surface area contributed by atoms with Gasteiger partial charge in [-0.1, -0.05) is 0 Å². The summed E-state index contributed by atoms with van der Waals surface area (Å²) in [5.41, 5.74) is 1.23. The second-order valence-electron chi connectivity index (χ2n) is 7.09. The average molecular weight is 346 g/mol. The van der Waals surface area contributed by atoms with Gasteiger partial charge in [-0.25, -0.2) is 4.39 Å². The molecule has 1 aliphatic heterocycles. The Labute approximate surface area is 146 Å². The van der Waals surface area contributed by atoms with E-state index in [2.05, 4.69) is 4.90 Å². The molecule has 1 amide bonds. The van der Waals surface area contributed by atoms with Gasteiger partial charge in [0.05, 0.1) is 6.10 Å². The molecule has 0 unspecified atom stereocenters. The van der Waals surface area contributed by atoms with E-state index in [1.165, 1.54) is 12.1 Å². The highest BCUT2D eigenvalue weighted by molar-refractivity contribution is 5.99. The summed E-state index contributed by atoms with van der Waals surface area (Å²) < 4.78 is 19.1. The highest BCUT2D eigenvalue weighted by Crippen LogP contribution is 2.28.